The lowest BCUT2D eigenvalue weighted by Gasteiger charge is -2.35. The van der Waals surface area contributed by atoms with Gasteiger partial charge in [0, 0.05) is 48.1 Å². The van der Waals surface area contributed by atoms with Crippen molar-refractivity contribution in [2.45, 2.75) is 6.92 Å². The Morgan fingerprint density at radius 3 is 2.46 bits per heavy atom. The predicted octanol–water partition coefficient (Wildman–Crippen LogP) is 3.30. The molecule has 1 aliphatic rings. The maximum Gasteiger partial charge on any atom is 0.238 e. The number of nitrogens with one attached hydrogen (secondary N) is 1. The van der Waals surface area contributed by atoms with Crippen molar-refractivity contribution in [3.63, 3.8) is 0 Å². The molecule has 0 atom stereocenters. The number of nitrogens with zero attached hydrogens (tertiary/aromatic N) is 2. The molecule has 1 fully saturated rings. The highest BCUT2D eigenvalue weighted by atomic mass is 35.5. The number of hydrogen-bond acceptors (Lipinski definition) is 4. The van der Waals surface area contributed by atoms with Crippen molar-refractivity contribution in [2.24, 2.45) is 0 Å². The molecule has 0 saturated carbocycles. The summed E-state index contributed by atoms with van der Waals surface area (Å²) in [6, 6.07) is 14.9. The number of anilines is 2. The molecule has 5 nitrogen and oxygen atoms in total. The van der Waals surface area contributed by atoms with Crippen LogP contribution in [-0.4, -0.2) is 49.3 Å². The molecule has 26 heavy (non-hydrogen) atoms. The fourth-order valence-corrected chi connectivity index (χ4v) is 3.24. The number of rotatable bonds is 5. The van der Waals surface area contributed by atoms with Crippen LogP contribution in [0.4, 0.5) is 11.4 Å². The maximum atomic E-state index is 12.3. The minimum atomic E-state index is -0.0677. The zero-order chi connectivity index (χ0) is 18.5. The highest BCUT2D eigenvalue weighted by molar-refractivity contribution is 6.30. The van der Waals surface area contributed by atoms with Crippen molar-refractivity contribution in [3.8, 4) is 0 Å². The van der Waals surface area contributed by atoms with Gasteiger partial charge in [-0.3, -0.25) is 14.5 Å². The van der Waals surface area contributed by atoms with E-state index in [4.69, 9.17) is 11.6 Å². The van der Waals surface area contributed by atoms with Crippen molar-refractivity contribution in [1.82, 2.24) is 4.90 Å². The minimum absolute atomic E-state index is 0.0155. The highest BCUT2D eigenvalue weighted by Crippen LogP contribution is 2.20. The number of hydrogen-bond donors (Lipinski definition) is 1. The van der Waals surface area contributed by atoms with Crippen molar-refractivity contribution >= 4 is 34.7 Å². The average Bonchev–Trinajstić information content (AvgIpc) is 2.62. The van der Waals surface area contributed by atoms with Crippen LogP contribution >= 0.6 is 11.6 Å². The van der Waals surface area contributed by atoms with Gasteiger partial charge in [0.1, 0.15) is 0 Å². The zero-order valence-electron chi connectivity index (χ0n) is 14.7. The Kier molecular flexibility index (Phi) is 5.91. The predicted molar refractivity (Wildman–Crippen MR) is 105 cm³/mol. The molecule has 2 aromatic rings. The smallest absolute Gasteiger partial charge is 0.238 e. The molecular weight excluding hydrogens is 350 g/mol. The van der Waals surface area contributed by atoms with Crippen molar-refractivity contribution < 1.29 is 9.59 Å². The van der Waals surface area contributed by atoms with E-state index in [1.807, 2.05) is 18.2 Å². The maximum absolute atomic E-state index is 12.3. The molecule has 136 valence electrons. The van der Waals surface area contributed by atoms with Crippen LogP contribution in [0.3, 0.4) is 0 Å². The van der Waals surface area contributed by atoms with Crippen LogP contribution < -0.4 is 10.2 Å². The summed E-state index contributed by atoms with van der Waals surface area (Å²) < 4.78 is 0. The summed E-state index contributed by atoms with van der Waals surface area (Å²) in [6.45, 7) is 5.19. The molecule has 6 heteroatoms. The van der Waals surface area contributed by atoms with E-state index in [0.717, 1.165) is 36.9 Å². The number of amides is 1. The normalized spacial score (nSPS) is 14.9. The van der Waals surface area contributed by atoms with Gasteiger partial charge in [0.05, 0.1) is 6.54 Å². The number of carbonyl (C=O) groups excluding carboxylic acids is 2. The first kappa shape index (κ1) is 18.4. The van der Waals surface area contributed by atoms with Gasteiger partial charge in [-0.25, -0.2) is 0 Å². The third kappa shape index (κ3) is 4.84. The standard InChI is InChI=1S/C20H22ClN3O2/c1-15(25)16-4-2-6-18(12-16)22-20(26)14-23-8-10-24(11-9-23)19-7-3-5-17(21)13-19/h2-7,12-13H,8-11,14H2,1H3,(H,22,26). The molecule has 0 unspecified atom stereocenters. The fourth-order valence-electron chi connectivity index (χ4n) is 3.06. The van der Waals surface area contributed by atoms with Gasteiger partial charge >= 0.3 is 0 Å². The minimum Gasteiger partial charge on any atom is -0.369 e. The summed E-state index contributed by atoms with van der Waals surface area (Å²) in [5, 5.41) is 3.60. The van der Waals surface area contributed by atoms with E-state index in [2.05, 4.69) is 21.2 Å². The Morgan fingerprint density at radius 2 is 1.77 bits per heavy atom. The van der Waals surface area contributed by atoms with Gasteiger partial charge in [-0.1, -0.05) is 29.8 Å². The Labute approximate surface area is 158 Å². The lowest BCUT2D eigenvalue weighted by molar-refractivity contribution is -0.117. The van der Waals surface area contributed by atoms with Gasteiger partial charge in [0.25, 0.3) is 0 Å². The number of carbonyl (C=O) groups is 2. The summed E-state index contributed by atoms with van der Waals surface area (Å²) in [5.41, 5.74) is 2.36. The van der Waals surface area contributed by atoms with Crippen LogP contribution in [0.5, 0.6) is 0 Å². The molecule has 0 aliphatic carbocycles. The fraction of sp³-hybridized carbons (Fsp3) is 0.300. The molecule has 3 rings (SSSR count). The van der Waals surface area contributed by atoms with E-state index in [1.54, 1.807) is 24.3 Å². The first-order valence-corrected chi connectivity index (χ1v) is 9.03. The number of benzene rings is 2. The molecule has 1 amide bonds. The van der Waals surface area contributed by atoms with Crippen molar-refractivity contribution in [3.05, 3.63) is 59.1 Å². The van der Waals surface area contributed by atoms with Gasteiger partial charge < -0.3 is 10.2 Å². The molecule has 0 aromatic heterocycles. The summed E-state index contributed by atoms with van der Waals surface area (Å²) in [7, 11) is 0. The molecular formula is C20H22ClN3O2. The van der Waals surface area contributed by atoms with E-state index in [0.29, 0.717) is 17.8 Å². The van der Waals surface area contributed by atoms with Crippen LogP contribution in [0.2, 0.25) is 5.02 Å². The average molecular weight is 372 g/mol. The summed E-state index contributed by atoms with van der Waals surface area (Å²) in [4.78, 5) is 28.1. The van der Waals surface area contributed by atoms with E-state index in [-0.39, 0.29) is 11.7 Å². The third-order valence-electron chi connectivity index (χ3n) is 4.47. The second kappa shape index (κ2) is 8.34. The Hall–Kier alpha value is -2.37. The van der Waals surface area contributed by atoms with Crippen LogP contribution in [0.25, 0.3) is 0 Å². The second-order valence-corrected chi connectivity index (χ2v) is 6.86. The Morgan fingerprint density at radius 1 is 1.04 bits per heavy atom. The largest absolute Gasteiger partial charge is 0.369 e. The lowest BCUT2D eigenvalue weighted by Crippen LogP contribution is -2.48. The first-order valence-electron chi connectivity index (χ1n) is 8.65. The molecule has 0 spiro atoms. The molecule has 1 heterocycles. The summed E-state index contributed by atoms with van der Waals surface area (Å²) >= 11 is 6.06. The molecule has 1 N–H and O–H groups in total. The van der Waals surface area contributed by atoms with E-state index in [9.17, 15) is 9.59 Å². The molecule has 0 radical (unpaired) electrons. The SMILES string of the molecule is CC(=O)c1cccc(NC(=O)CN2CCN(c3cccc(Cl)c3)CC2)c1. The van der Waals surface area contributed by atoms with Crippen molar-refractivity contribution in [1.29, 1.82) is 0 Å². The zero-order valence-corrected chi connectivity index (χ0v) is 15.5. The van der Waals surface area contributed by atoms with Gasteiger partial charge in [0.2, 0.25) is 5.91 Å². The van der Waals surface area contributed by atoms with E-state index >= 15 is 0 Å². The third-order valence-corrected chi connectivity index (χ3v) is 4.70. The van der Waals surface area contributed by atoms with Gasteiger partial charge in [-0.15, -0.1) is 0 Å². The topological polar surface area (TPSA) is 52.7 Å². The van der Waals surface area contributed by atoms with Crippen LogP contribution in [0.1, 0.15) is 17.3 Å². The lowest BCUT2D eigenvalue weighted by atomic mass is 10.1. The summed E-state index contributed by atoms with van der Waals surface area (Å²) in [6.07, 6.45) is 0. The van der Waals surface area contributed by atoms with Gasteiger partial charge in [-0.2, -0.15) is 0 Å². The highest BCUT2D eigenvalue weighted by Gasteiger charge is 2.19. The molecule has 1 saturated heterocycles. The number of ketones is 1. The first-order chi connectivity index (χ1) is 12.5. The van der Waals surface area contributed by atoms with Crippen LogP contribution in [-0.2, 0) is 4.79 Å². The number of Topliss-reactive ketones (excluding diaryl/α,β-unsaturated/α-hetero) is 1. The Balaban J connectivity index is 1.50. The van der Waals surface area contributed by atoms with Crippen LogP contribution in [0, 0.1) is 0 Å². The molecule has 2 aromatic carbocycles. The van der Waals surface area contributed by atoms with E-state index in [1.165, 1.54) is 6.92 Å². The monoisotopic (exact) mass is 371 g/mol. The second-order valence-electron chi connectivity index (χ2n) is 6.43. The van der Waals surface area contributed by atoms with Gasteiger partial charge in [-0.05, 0) is 37.3 Å². The van der Waals surface area contributed by atoms with Gasteiger partial charge in [0.15, 0.2) is 5.78 Å². The number of halogens is 1. The quantitative estimate of drug-likeness (QED) is 0.819. The van der Waals surface area contributed by atoms with E-state index < -0.39 is 0 Å². The number of piperazine rings is 1. The Bertz CT molecular complexity index is 801. The van der Waals surface area contributed by atoms with Crippen LogP contribution in [0.15, 0.2) is 48.5 Å². The van der Waals surface area contributed by atoms with Crippen molar-refractivity contribution in [2.75, 3.05) is 42.9 Å². The summed E-state index contributed by atoms with van der Waals surface area (Å²) in [5.74, 6) is -0.0832. The molecule has 0 bridgehead atoms. The molecule has 1 aliphatic heterocycles.